The van der Waals surface area contributed by atoms with Crippen molar-refractivity contribution in [3.05, 3.63) is 29.3 Å². The second kappa shape index (κ2) is 5.29. The molecule has 0 bridgehead atoms. The van der Waals surface area contributed by atoms with Crippen molar-refractivity contribution in [2.75, 3.05) is 5.32 Å². The highest BCUT2D eigenvalue weighted by Gasteiger charge is 2.39. The van der Waals surface area contributed by atoms with Crippen LogP contribution in [0.15, 0.2) is 18.2 Å². The second-order valence-corrected chi connectivity index (χ2v) is 4.22. The van der Waals surface area contributed by atoms with E-state index in [0.717, 1.165) is 6.07 Å². The molecule has 1 rings (SSSR count). The van der Waals surface area contributed by atoms with Gasteiger partial charge in [-0.05, 0) is 23.6 Å². The average Bonchev–Trinajstić information content (AvgIpc) is 2.27. The highest BCUT2D eigenvalue weighted by Crippen LogP contribution is 2.25. The van der Waals surface area contributed by atoms with E-state index in [1.54, 1.807) is 5.32 Å². The van der Waals surface area contributed by atoms with Gasteiger partial charge in [-0.3, -0.25) is 4.79 Å². The van der Waals surface area contributed by atoms with Crippen LogP contribution in [-0.4, -0.2) is 23.2 Å². The van der Waals surface area contributed by atoms with Gasteiger partial charge in [0, 0.05) is 0 Å². The van der Waals surface area contributed by atoms with E-state index in [-0.39, 0.29) is 17.2 Å². The van der Waals surface area contributed by atoms with Gasteiger partial charge in [0.25, 0.3) is 0 Å². The van der Waals surface area contributed by atoms with E-state index in [2.05, 4.69) is 0 Å². The summed E-state index contributed by atoms with van der Waals surface area (Å²) in [6, 6.07) is 3.88. The Morgan fingerprint density at radius 2 is 1.84 bits per heavy atom. The van der Waals surface area contributed by atoms with E-state index < -0.39 is 18.1 Å². The number of carboxylic acids is 1. The van der Waals surface area contributed by atoms with Crippen LogP contribution in [0.1, 0.15) is 35.7 Å². The molecule has 0 aliphatic carbocycles. The summed E-state index contributed by atoms with van der Waals surface area (Å²) in [4.78, 5) is 21.8. The summed E-state index contributed by atoms with van der Waals surface area (Å²) in [6.45, 7) is 3.63. The number of hydrogen-bond acceptors (Lipinski definition) is 2. The van der Waals surface area contributed by atoms with Gasteiger partial charge in [0.1, 0.15) is 0 Å². The first kappa shape index (κ1) is 15.0. The van der Waals surface area contributed by atoms with Crippen LogP contribution in [0.2, 0.25) is 0 Å². The van der Waals surface area contributed by atoms with E-state index in [9.17, 15) is 22.8 Å². The van der Waals surface area contributed by atoms with Gasteiger partial charge in [-0.25, -0.2) is 4.79 Å². The van der Waals surface area contributed by atoms with Crippen LogP contribution < -0.4 is 5.32 Å². The van der Waals surface area contributed by atoms with Crippen LogP contribution >= 0.6 is 0 Å². The van der Waals surface area contributed by atoms with Crippen LogP contribution in [0.5, 0.6) is 0 Å². The average molecular weight is 275 g/mol. The van der Waals surface area contributed by atoms with Gasteiger partial charge < -0.3 is 10.4 Å². The maximum Gasteiger partial charge on any atom is 0.471 e. The second-order valence-electron chi connectivity index (χ2n) is 4.22. The lowest BCUT2D eigenvalue weighted by atomic mass is 9.99. The third kappa shape index (κ3) is 3.70. The number of hydrogen-bond donors (Lipinski definition) is 2. The van der Waals surface area contributed by atoms with Crippen molar-refractivity contribution >= 4 is 17.6 Å². The summed E-state index contributed by atoms with van der Waals surface area (Å²) in [5.74, 6) is -3.59. The maximum atomic E-state index is 12.1. The van der Waals surface area contributed by atoms with Crippen LogP contribution in [-0.2, 0) is 4.79 Å². The number of amides is 1. The smallest absolute Gasteiger partial charge is 0.471 e. The van der Waals surface area contributed by atoms with Crippen molar-refractivity contribution in [2.45, 2.75) is 25.9 Å². The van der Waals surface area contributed by atoms with Gasteiger partial charge in [0.2, 0.25) is 0 Å². The number of aromatic carboxylic acids is 1. The number of nitrogens with one attached hydrogen (secondary N) is 1. The topological polar surface area (TPSA) is 66.4 Å². The Hall–Kier alpha value is -2.05. The van der Waals surface area contributed by atoms with Crippen LogP contribution in [0.3, 0.4) is 0 Å². The van der Waals surface area contributed by atoms with Gasteiger partial charge in [0.15, 0.2) is 0 Å². The van der Waals surface area contributed by atoms with Crippen molar-refractivity contribution in [1.29, 1.82) is 0 Å². The molecule has 0 radical (unpaired) electrons. The summed E-state index contributed by atoms with van der Waals surface area (Å²) in [6.07, 6.45) is -5.06. The number of benzene rings is 1. The number of rotatable bonds is 3. The first-order valence-electron chi connectivity index (χ1n) is 5.38. The fourth-order valence-electron chi connectivity index (χ4n) is 1.40. The zero-order valence-corrected chi connectivity index (χ0v) is 10.2. The molecule has 0 aliphatic rings. The molecule has 1 amide bonds. The summed E-state index contributed by atoms with van der Waals surface area (Å²) >= 11 is 0. The Morgan fingerprint density at radius 1 is 1.26 bits per heavy atom. The lowest BCUT2D eigenvalue weighted by Gasteiger charge is -2.13. The zero-order chi connectivity index (χ0) is 14.8. The van der Waals surface area contributed by atoms with E-state index in [4.69, 9.17) is 5.11 Å². The molecule has 4 nitrogen and oxygen atoms in total. The minimum atomic E-state index is -5.06. The molecule has 0 atom stereocenters. The highest BCUT2D eigenvalue weighted by atomic mass is 19.4. The summed E-state index contributed by atoms with van der Waals surface area (Å²) in [7, 11) is 0. The van der Waals surface area contributed by atoms with E-state index in [0.29, 0.717) is 5.56 Å². The predicted molar refractivity (Wildman–Crippen MR) is 62.2 cm³/mol. The van der Waals surface area contributed by atoms with E-state index in [1.165, 1.54) is 12.1 Å². The molecular weight excluding hydrogens is 263 g/mol. The molecule has 104 valence electrons. The molecular formula is C12H12F3NO3. The van der Waals surface area contributed by atoms with Gasteiger partial charge in [-0.1, -0.05) is 19.9 Å². The largest absolute Gasteiger partial charge is 0.478 e. The number of halogens is 3. The normalized spacial score (nSPS) is 11.5. The maximum absolute atomic E-state index is 12.1. The van der Waals surface area contributed by atoms with Crippen LogP contribution in [0, 0.1) is 0 Å². The molecule has 0 aromatic heterocycles. The summed E-state index contributed by atoms with van der Waals surface area (Å²) in [5, 5.41) is 10.5. The van der Waals surface area contributed by atoms with Gasteiger partial charge in [-0.15, -0.1) is 0 Å². The van der Waals surface area contributed by atoms with Crippen molar-refractivity contribution < 1.29 is 27.9 Å². The van der Waals surface area contributed by atoms with Crippen LogP contribution in [0.4, 0.5) is 18.9 Å². The molecule has 0 saturated heterocycles. The van der Waals surface area contributed by atoms with Gasteiger partial charge in [-0.2, -0.15) is 13.2 Å². The third-order valence-corrected chi connectivity index (χ3v) is 2.45. The Morgan fingerprint density at radius 3 is 2.26 bits per heavy atom. The molecule has 1 aromatic carbocycles. The molecule has 7 heteroatoms. The van der Waals surface area contributed by atoms with Crippen LogP contribution in [0.25, 0.3) is 0 Å². The van der Waals surface area contributed by atoms with Gasteiger partial charge in [0.05, 0.1) is 11.3 Å². The molecule has 0 aliphatic heterocycles. The SMILES string of the molecule is CC(C)c1ccc(NC(=O)C(F)(F)F)c(C(=O)O)c1. The van der Waals surface area contributed by atoms with E-state index >= 15 is 0 Å². The minimum Gasteiger partial charge on any atom is -0.478 e. The van der Waals surface area contributed by atoms with Crippen molar-refractivity contribution in [1.82, 2.24) is 0 Å². The Balaban J connectivity index is 3.15. The number of alkyl halides is 3. The van der Waals surface area contributed by atoms with Crippen molar-refractivity contribution in [3.8, 4) is 0 Å². The lowest BCUT2D eigenvalue weighted by Crippen LogP contribution is -2.30. The molecule has 0 fully saturated rings. The summed E-state index contributed by atoms with van der Waals surface area (Å²) < 4.78 is 36.3. The zero-order valence-electron chi connectivity index (χ0n) is 10.2. The quantitative estimate of drug-likeness (QED) is 0.891. The van der Waals surface area contributed by atoms with Crippen molar-refractivity contribution in [2.24, 2.45) is 0 Å². The number of anilines is 1. The third-order valence-electron chi connectivity index (χ3n) is 2.45. The molecule has 2 N–H and O–H groups in total. The Bertz CT molecular complexity index is 509. The molecule has 19 heavy (non-hydrogen) atoms. The summed E-state index contributed by atoms with van der Waals surface area (Å²) in [5.41, 5.74) is -0.0922. The number of carbonyl (C=O) groups is 2. The highest BCUT2D eigenvalue weighted by molar-refractivity contribution is 6.02. The Labute approximate surface area is 107 Å². The first-order chi connectivity index (χ1) is 8.62. The first-order valence-corrected chi connectivity index (χ1v) is 5.38. The fourth-order valence-corrected chi connectivity index (χ4v) is 1.40. The molecule has 0 heterocycles. The van der Waals surface area contributed by atoms with Gasteiger partial charge >= 0.3 is 18.1 Å². The molecule has 0 saturated carbocycles. The van der Waals surface area contributed by atoms with Crippen molar-refractivity contribution in [3.63, 3.8) is 0 Å². The standard InChI is InChI=1S/C12H12F3NO3/c1-6(2)7-3-4-9(8(5-7)10(17)18)16-11(19)12(13,14)15/h3-6H,1-2H3,(H,16,19)(H,17,18). The molecule has 0 spiro atoms. The molecule has 0 unspecified atom stereocenters. The van der Waals surface area contributed by atoms with E-state index in [1.807, 2.05) is 13.8 Å². The number of carboxylic acid groups (broad SMARTS) is 1. The minimum absolute atomic E-state index is 0.0190. The Kier molecular flexibility index (Phi) is 4.18. The molecule has 1 aromatic rings. The predicted octanol–water partition coefficient (Wildman–Crippen LogP) is 3.01. The monoisotopic (exact) mass is 275 g/mol. The lowest BCUT2D eigenvalue weighted by molar-refractivity contribution is -0.167. The number of carbonyl (C=O) groups excluding carboxylic acids is 1. The fraction of sp³-hybridized carbons (Fsp3) is 0.333.